The molecule has 13 heteroatoms. The molecule has 3 aromatic carbocycles. The normalized spacial score (nSPS) is 14.9. The van der Waals surface area contributed by atoms with Crippen LogP contribution in [-0.4, -0.2) is 33.6 Å². The van der Waals surface area contributed by atoms with E-state index in [9.17, 15) is 24.8 Å². The first-order valence-corrected chi connectivity index (χ1v) is 14.6. The average molecular weight is 723 g/mol. The van der Waals surface area contributed by atoms with Crippen LogP contribution in [0.5, 0.6) is 5.75 Å². The van der Waals surface area contributed by atoms with Gasteiger partial charge in [-0.2, -0.15) is 0 Å². The van der Waals surface area contributed by atoms with Crippen molar-refractivity contribution in [3.8, 4) is 5.75 Å². The van der Waals surface area contributed by atoms with Gasteiger partial charge >= 0.3 is 5.97 Å². The van der Waals surface area contributed by atoms with Gasteiger partial charge in [0.2, 0.25) is 0 Å². The number of hydrogen-bond acceptors (Lipinski definition) is 8. The van der Waals surface area contributed by atoms with E-state index in [4.69, 9.17) is 21.1 Å². The van der Waals surface area contributed by atoms with Crippen LogP contribution in [0.2, 0.25) is 5.02 Å². The largest absolute Gasteiger partial charge is 0.506 e. The molecule has 3 aromatic rings. The highest BCUT2D eigenvalue weighted by Crippen LogP contribution is 2.41. The summed E-state index contributed by atoms with van der Waals surface area (Å²) in [5.41, 5.74) is 1.12. The number of thioether (sulfide) groups is 1. The van der Waals surface area contributed by atoms with Crippen molar-refractivity contribution in [1.29, 1.82) is 0 Å². The lowest BCUT2D eigenvalue weighted by Crippen LogP contribution is -2.14. The first kappa shape index (κ1) is 30.5. The SMILES string of the molecule is CCOC(=O)C1=C(O)/C(=C/c2cc(Br)c(OCc3cccc([N+](=O)[O-])c3)c(Br)c2)SC1=NC(=O)c1ccccc1Cl. The van der Waals surface area contributed by atoms with E-state index in [1.807, 2.05) is 0 Å². The fraction of sp³-hybridized carbons (Fsp3) is 0.107. The maximum atomic E-state index is 12.8. The summed E-state index contributed by atoms with van der Waals surface area (Å²) in [6, 6.07) is 16.0. The smallest absolute Gasteiger partial charge is 0.344 e. The molecule has 1 aliphatic rings. The summed E-state index contributed by atoms with van der Waals surface area (Å²) in [6.07, 6.45) is 1.61. The van der Waals surface area contributed by atoms with Gasteiger partial charge in [-0.1, -0.05) is 47.6 Å². The number of aliphatic hydroxyl groups excluding tert-OH is 1. The number of nitrogens with zero attached hydrogens (tertiary/aromatic N) is 2. The first-order chi connectivity index (χ1) is 19.6. The summed E-state index contributed by atoms with van der Waals surface area (Å²) < 4.78 is 12.1. The highest BCUT2D eigenvalue weighted by Gasteiger charge is 2.34. The van der Waals surface area contributed by atoms with E-state index in [1.165, 1.54) is 18.2 Å². The van der Waals surface area contributed by atoms with Gasteiger partial charge in [-0.15, -0.1) is 0 Å². The molecule has 1 amide bonds. The number of benzene rings is 3. The molecular weight excluding hydrogens is 704 g/mol. The van der Waals surface area contributed by atoms with Gasteiger partial charge < -0.3 is 14.6 Å². The Bertz CT molecular complexity index is 1630. The molecule has 0 fully saturated rings. The summed E-state index contributed by atoms with van der Waals surface area (Å²) in [7, 11) is 0. The van der Waals surface area contributed by atoms with Crippen molar-refractivity contribution in [2.75, 3.05) is 6.61 Å². The summed E-state index contributed by atoms with van der Waals surface area (Å²) >= 11 is 14.0. The molecule has 4 rings (SSSR count). The van der Waals surface area contributed by atoms with Crippen molar-refractivity contribution < 1.29 is 29.1 Å². The Kier molecular flexibility index (Phi) is 10.0. The van der Waals surface area contributed by atoms with Gasteiger partial charge in [0.05, 0.1) is 36.0 Å². The van der Waals surface area contributed by atoms with E-state index in [-0.39, 0.29) is 50.8 Å². The maximum Gasteiger partial charge on any atom is 0.344 e. The number of aliphatic imine (C=N–C) groups is 1. The van der Waals surface area contributed by atoms with Crippen LogP contribution in [0.1, 0.15) is 28.4 Å². The molecule has 0 aliphatic carbocycles. The minimum Gasteiger partial charge on any atom is -0.506 e. The van der Waals surface area contributed by atoms with Crippen molar-refractivity contribution in [1.82, 2.24) is 0 Å². The number of hydrogen-bond donors (Lipinski definition) is 1. The van der Waals surface area contributed by atoms with Crippen molar-refractivity contribution >= 4 is 83.9 Å². The molecule has 1 N–H and O–H groups in total. The number of carbonyl (C=O) groups excluding carboxylic acids is 2. The van der Waals surface area contributed by atoms with E-state index in [0.29, 0.717) is 25.8 Å². The molecular formula is C28H19Br2ClN2O7S. The third-order valence-corrected chi connectivity index (χ3v) is 8.03. The van der Waals surface area contributed by atoms with E-state index < -0.39 is 16.8 Å². The van der Waals surface area contributed by atoms with Gasteiger partial charge in [0.25, 0.3) is 11.6 Å². The highest BCUT2D eigenvalue weighted by atomic mass is 79.9. The Morgan fingerprint density at radius 1 is 1.12 bits per heavy atom. The van der Waals surface area contributed by atoms with E-state index in [1.54, 1.807) is 55.5 Å². The summed E-state index contributed by atoms with van der Waals surface area (Å²) in [6.45, 7) is 1.77. The molecule has 0 aromatic heterocycles. The molecule has 0 atom stereocenters. The van der Waals surface area contributed by atoms with Crippen LogP contribution in [-0.2, 0) is 16.1 Å². The standard InChI is InChI=1S/C28H19Br2ClN2O7S/c1-2-39-28(36)23-24(34)22(41-27(23)32-26(35)18-8-3-4-9-21(18)31)13-16-11-19(29)25(20(30)12-16)40-14-15-6-5-7-17(10-15)33(37)38/h3-13,34H,2,14H2,1H3/b22-13-,32-27?. The van der Waals surface area contributed by atoms with Crippen LogP contribution in [0.4, 0.5) is 5.69 Å². The molecule has 0 saturated heterocycles. The summed E-state index contributed by atoms with van der Waals surface area (Å²) in [4.78, 5) is 40.4. The quantitative estimate of drug-likeness (QED) is 0.141. The Hall–Kier alpha value is -3.45. The highest BCUT2D eigenvalue weighted by molar-refractivity contribution is 9.11. The number of nitro benzene ring substituents is 1. The molecule has 1 aliphatic heterocycles. The number of non-ortho nitro benzene ring substituents is 1. The Morgan fingerprint density at radius 2 is 1.83 bits per heavy atom. The molecule has 210 valence electrons. The Labute approximate surface area is 260 Å². The van der Waals surface area contributed by atoms with Gasteiger partial charge in [-0.3, -0.25) is 14.9 Å². The first-order valence-electron chi connectivity index (χ1n) is 11.8. The zero-order valence-electron chi connectivity index (χ0n) is 21.1. The second kappa shape index (κ2) is 13.5. The van der Waals surface area contributed by atoms with E-state index in [2.05, 4.69) is 36.9 Å². The molecule has 0 unspecified atom stereocenters. The predicted octanol–water partition coefficient (Wildman–Crippen LogP) is 8.05. The van der Waals surface area contributed by atoms with Crippen LogP contribution in [0.25, 0.3) is 6.08 Å². The second-order valence-corrected chi connectivity index (χ2v) is 11.4. The second-order valence-electron chi connectivity index (χ2n) is 8.29. The topological polar surface area (TPSA) is 128 Å². The fourth-order valence-electron chi connectivity index (χ4n) is 3.65. The minimum atomic E-state index is -0.820. The molecule has 0 bridgehead atoms. The minimum absolute atomic E-state index is 0.0211. The van der Waals surface area contributed by atoms with E-state index >= 15 is 0 Å². The lowest BCUT2D eigenvalue weighted by atomic mass is 10.1. The third kappa shape index (κ3) is 7.25. The number of aliphatic hydroxyl groups is 1. The number of esters is 1. The van der Waals surface area contributed by atoms with Gasteiger partial charge in [-0.25, -0.2) is 9.79 Å². The van der Waals surface area contributed by atoms with Crippen LogP contribution >= 0.6 is 55.2 Å². The van der Waals surface area contributed by atoms with Gasteiger partial charge in [0.1, 0.15) is 28.7 Å². The van der Waals surface area contributed by atoms with Crippen LogP contribution in [0.3, 0.4) is 0 Å². The lowest BCUT2D eigenvalue weighted by Gasteiger charge is -2.12. The summed E-state index contributed by atoms with van der Waals surface area (Å²) in [5, 5.41) is 22.2. The van der Waals surface area contributed by atoms with Crippen LogP contribution in [0.15, 0.2) is 90.8 Å². The van der Waals surface area contributed by atoms with Crippen LogP contribution in [0, 0.1) is 10.1 Å². The number of rotatable bonds is 8. The van der Waals surface area contributed by atoms with Crippen molar-refractivity contribution in [3.63, 3.8) is 0 Å². The lowest BCUT2D eigenvalue weighted by molar-refractivity contribution is -0.384. The number of halogens is 3. The maximum absolute atomic E-state index is 12.8. The zero-order chi connectivity index (χ0) is 29.7. The fourth-order valence-corrected chi connectivity index (χ4v) is 6.33. The van der Waals surface area contributed by atoms with E-state index in [0.717, 1.165) is 11.8 Å². The monoisotopic (exact) mass is 720 g/mol. The van der Waals surface area contributed by atoms with Crippen molar-refractivity contribution in [3.05, 3.63) is 118 Å². The van der Waals surface area contributed by atoms with Crippen molar-refractivity contribution in [2.45, 2.75) is 13.5 Å². The molecule has 0 spiro atoms. The van der Waals surface area contributed by atoms with Crippen molar-refractivity contribution in [2.24, 2.45) is 4.99 Å². The average Bonchev–Trinajstić information content (AvgIpc) is 3.22. The molecule has 41 heavy (non-hydrogen) atoms. The number of nitro groups is 1. The Morgan fingerprint density at radius 3 is 2.49 bits per heavy atom. The predicted molar refractivity (Wildman–Crippen MR) is 164 cm³/mol. The molecule has 0 radical (unpaired) electrons. The van der Waals surface area contributed by atoms with Crippen LogP contribution < -0.4 is 4.74 Å². The van der Waals surface area contributed by atoms with Gasteiger partial charge in [0, 0.05) is 12.1 Å². The molecule has 9 nitrogen and oxygen atoms in total. The summed E-state index contributed by atoms with van der Waals surface area (Å²) in [5.74, 6) is -1.42. The van der Waals surface area contributed by atoms with Gasteiger partial charge in [-0.05, 0) is 80.3 Å². The third-order valence-electron chi connectivity index (χ3n) is 5.50. The van der Waals surface area contributed by atoms with Gasteiger partial charge in [0.15, 0.2) is 0 Å². The Balaban J connectivity index is 1.62. The zero-order valence-corrected chi connectivity index (χ0v) is 25.8. The molecule has 1 heterocycles. The number of amides is 1. The number of ether oxygens (including phenoxy) is 2. The molecule has 0 saturated carbocycles. The number of carbonyl (C=O) groups is 2.